The first-order valence-electron chi connectivity index (χ1n) is 9.49. The summed E-state index contributed by atoms with van der Waals surface area (Å²) in [7, 11) is -0.779. The van der Waals surface area contributed by atoms with Gasteiger partial charge in [0.1, 0.15) is 12.4 Å². The summed E-state index contributed by atoms with van der Waals surface area (Å²) in [5.74, 6) is 0.654. The quantitative estimate of drug-likeness (QED) is 0.291. The van der Waals surface area contributed by atoms with Crippen molar-refractivity contribution in [1.29, 1.82) is 0 Å². The first kappa shape index (κ1) is 24.8. The third-order valence-electron chi connectivity index (χ3n) is 4.48. The number of guanidine groups is 1. The second kappa shape index (κ2) is 13.1. The molecule has 0 aliphatic heterocycles. The Labute approximate surface area is 186 Å². The Morgan fingerprint density at radius 1 is 1.25 bits per heavy atom. The van der Waals surface area contributed by atoms with Crippen LogP contribution in [0.4, 0.5) is 10.1 Å². The van der Waals surface area contributed by atoms with E-state index < -0.39 is 10.8 Å². The number of halogens is 2. The molecule has 2 rings (SSSR count). The molecule has 9 heteroatoms. The molecule has 0 saturated heterocycles. The van der Waals surface area contributed by atoms with Crippen LogP contribution in [0.5, 0.6) is 0 Å². The molecule has 0 aromatic heterocycles. The highest BCUT2D eigenvalue weighted by atomic mass is 127. The minimum Gasteiger partial charge on any atom is -0.357 e. The standard InChI is InChI=1S/C19H29FN4O2S.HI/c1-3-21-19(24-16-6-5-7-17(12-16)27(26)4-2)22-13-18(25)23-15-10-8-14(20)9-11-15;/h8-11,16-17H,3-7,12-13H2,1-2H3,(H,23,25)(H2,21,22,24);1H. The van der Waals surface area contributed by atoms with Crippen LogP contribution in [0, 0.1) is 5.82 Å². The number of hydrogen-bond acceptors (Lipinski definition) is 3. The Balaban J connectivity index is 0.00000392. The molecule has 0 spiro atoms. The van der Waals surface area contributed by atoms with Gasteiger partial charge in [-0.05, 0) is 50.5 Å². The maximum absolute atomic E-state index is 12.9. The van der Waals surface area contributed by atoms with Crippen molar-refractivity contribution in [2.45, 2.75) is 50.8 Å². The second-order valence-electron chi connectivity index (χ2n) is 6.55. The minimum absolute atomic E-state index is 0. The number of benzene rings is 1. The van der Waals surface area contributed by atoms with Gasteiger partial charge in [-0.25, -0.2) is 9.38 Å². The van der Waals surface area contributed by atoms with Gasteiger partial charge in [0.25, 0.3) is 0 Å². The smallest absolute Gasteiger partial charge is 0.246 e. The Kier molecular flexibility index (Phi) is 11.6. The zero-order chi connectivity index (χ0) is 19.6. The Morgan fingerprint density at radius 2 is 1.96 bits per heavy atom. The first-order chi connectivity index (χ1) is 13.0. The third kappa shape index (κ3) is 8.42. The van der Waals surface area contributed by atoms with E-state index in [1.807, 2.05) is 13.8 Å². The fourth-order valence-electron chi connectivity index (χ4n) is 3.15. The summed E-state index contributed by atoms with van der Waals surface area (Å²) in [6.07, 6.45) is 3.90. The molecule has 3 unspecified atom stereocenters. The van der Waals surface area contributed by atoms with Crippen LogP contribution >= 0.6 is 24.0 Å². The van der Waals surface area contributed by atoms with E-state index in [1.54, 1.807) is 0 Å². The molecule has 6 nitrogen and oxygen atoms in total. The zero-order valence-corrected chi connectivity index (χ0v) is 19.5. The van der Waals surface area contributed by atoms with Gasteiger partial charge in [0.05, 0.1) is 0 Å². The molecule has 0 bridgehead atoms. The lowest BCUT2D eigenvalue weighted by molar-refractivity contribution is -0.114. The highest BCUT2D eigenvalue weighted by molar-refractivity contribution is 14.0. The molecule has 28 heavy (non-hydrogen) atoms. The lowest BCUT2D eigenvalue weighted by Crippen LogP contribution is -2.47. The Morgan fingerprint density at radius 3 is 2.61 bits per heavy atom. The molecule has 1 fully saturated rings. The van der Waals surface area contributed by atoms with Crippen LogP contribution in [0.25, 0.3) is 0 Å². The van der Waals surface area contributed by atoms with E-state index in [2.05, 4.69) is 20.9 Å². The molecule has 3 atom stereocenters. The summed E-state index contributed by atoms with van der Waals surface area (Å²) in [6, 6.07) is 5.82. The third-order valence-corrected chi connectivity index (χ3v) is 6.22. The van der Waals surface area contributed by atoms with E-state index in [-0.39, 0.29) is 53.5 Å². The molecule has 0 radical (unpaired) electrons. The molecule has 1 aliphatic rings. The number of rotatable bonds is 7. The molecule has 0 heterocycles. The van der Waals surface area contributed by atoms with Crippen molar-refractivity contribution in [1.82, 2.24) is 10.6 Å². The van der Waals surface area contributed by atoms with Crippen LogP contribution in [0.15, 0.2) is 29.3 Å². The Hall–Kier alpha value is -1.23. The van der Waals surface area contributed by atoms with Gasteiger partial charge in [-0.3, -0.25) is 9.00 Å². The fourth-order valence-corrected chi connectivity index (χ4v) is 4.50. The summed E-state index contributed by atoms with van der Waals surface area (Å²) in [4.78, 5) is 16.4. The molecule has 1 aliphatic carbocycles. The van der Waals surface area contributed by atoms with Crippen molar-refractivity contribution >= 4 is 52.3 Å². The second-order valence-corrected chi connectivity index (χ2v) is 8.56. The van der Waals surface area contributed by atoms with Crippen molar-refractivity contribution in [2.75, 3.05) is 24.2 Å². The highest BCUT2D eigenvalue weighted by Gasteiger charge is 2.26. The molecule has 1 aromatic carbocycles. The topological polar surface area (TPSA) is 82.6 Å². The van der Waals surface area contributed by atoms with Crippen LogP contribution in [-0.2, 0) is 15.6 Å². The van der Waals surface area contributed by atoms with Gasteiger partial charge in [-0.2, -0.15) is 0 Å². The molecular formula is C19H30FIN4O2S. The summed E-state index contributed by atoms with van der Waals surface area (Å²) in [5, 5.41) is 9.43. The number of anilines is 1. The average molecular weight is 524 g/mol. The van der Waals surface area contributed by atoms with Crippen molar-refractivity contribution in [3.63, 3.8) is 0 Å². The van der Waals surface area contributed by atoms with Crippen molar-refractivity contribution in [3.8, 4) is 0 Å². The molecule has 1 aromatic rings. The SMILES string of the molecule is CCNC(=NCC(=O)Nc1ccc(F)cc1)NC1CCCC(S(=O)CC)C1.I. The van der Waals surface area contributed by atoms with Crippen LogP contribution < -0.4 is 16.0 Å². The lowest BCUT2D eigenvalue weighted by atomic mass is 9.95. The van der Waals surface area contributed by atoms with Gasteiger partial charge >= 0.3 is 0 Å². The van der Waals surface area contributed by atoms with Crippen molar-refractivity contribution < 1.29 is 13.4 Å². The molecule has 158 valence electrons. The van der Waals surface area contributed by atoms with Gasteiger partial charge < -0.3 is 16.0 Å². The largest absolute Gasteiger partial charge is 0.357 e. The summed E-state index contributed by atoms with van der Waals surface area (Å²) in [6.45, 7) is 4.57. The van der Waals surface area contributed by atoms with E-state index in [0.717, 1.165) is 25.7 Å². The zero-order valence-electron chi connectivity index (χ0n) is 16.4. The first-order valence-corrected chi connectivity index (χ1v) is 10.9. The number of nitrogens with zero attached hydrogens (tertiary/aromatic N) is 1. The highest BCUT2D eigenvalue weighted by Crippen LogP contribution is 2.23. The van der Waals surface area contributed by atoms with Gasteiger partial charge in [-0.15, -0.1) is 24.0 Å². The maximum Gasteiger partial charge on any atom is 0.246 e. The van der Waals surface area contributed by atoms with Gasteiger partial charge in [0.2, 0.25) is 5.91 Å². The van der Waals surface area contributed by atoms with Crippen molar-refractivity contribution in [3.05, 3.63) is 30.1 Å². The number of aliphatic imine (C=N–C) groups is 1. The monoisotopic (exact) mass is 524 g/mol. The van der Waals surface area contributed by atoms with Gasteiger partial charge in [0, 0.05) is 40.1 Å². The molecule has 1 amide bonds. The fraction of sp³-hybridized carbons (Fsp3) is 0.579. The van der Waals surface area contributed by atoms with Gasteiger partial charge in [0.15, 0.2) is 5.96 Å². The van der Waals surface area contributed by atoms with Crippen molar-refractivity contribution in [2.24, 2.45) is 4.99 Å². The molecule has 3 N–H and O–H groups in total. The normalized spacial score (nSPS) is 20.6. The number of amides is 1. The predicted octanol–water partition coefficient (Wildman–Crippen LogP) is 3.02. The average Bonchev–Trinajstić information content (AvgIpc) is 2.67. The number of carbonyl (C=O) groups excluding carboxylic acids is 1. The lowest BCUT2D eigenvalue weighted by Gasteiger charge is -2.30. The Bertz CT molecular complexity index is 672. The van der Waals surface area contributed by atoms with Crippen LogP contribution in [0.3, 0.4) is 0 Å². The summed E-state index contributed by atoms with van der Waals surface area (Å²) in [5.41, 5.74) is 0.534. The van der Waals surface area contributed by atoms with E-state index in [4.69, 9.17) is 0 Å². The number of carbonyl (C=O) groups is 1. The number of hydrogen-bond donors (Lipinski definition) is 3. The molecular weight excluding hydrogens is 494 g/mol. The van der Waals surface area contributed by atoms with Crippen LogP contribution in [0.1, 0.15) is 39.5 Å². The van der Waals surface area contributed by atoms with E-state index in [0.29, 0.717) is 23.9 Å². The minimum atomic E-state index is -0.779. The number of nitrogens with one attached hydrogen (secondary N) is 3. The van der Waals surface area contributed by atoms with E-state index >= 15 is 0 Å². The van der Waals surface area contributed by atoms with Crippen LogP contribution in [0.2, 0.25) is 0 Å². The summed E-state index contributed by atoms with van der Waals surface area (Å²) < 4.78 is 25.0. The molecule has 1 saturated carbocycles. The maximum atomic E-state index is 12.9. The van der Waals surface area contributed by atoms with E-state index in [1.165, 1.54) is 24.3 Å². The van der Waals surface area contributed by atoms with Gasteiger partial charge in [-0.1, -0.05) is 13.3 Å². The summed E-state index contributed by atoms with van der Waals surface area (Å²) >= 11 is 0. The predicted molar refractivity (Wildman–Crippen MR) is 124 cm³/mol. The van der Waals surface area contributed by atoms with Crippen LogP contribution in [-0.4, -0.2) is 46.2 Å². The van der Waals surface area contributed by atoms with E-state index in [9.17, 15) is 13.4 Å².